The highest BCUT2D eigenvalue weighted by Crippen LogP contribution is 2.33. The molecule has 0 spiro atoms. The van der Waals surface area contributed by atoms with Crippen molar-refractivity contribution >= 4 is 54.9 Å². The van der Waals surface area contributed by atoms with Crippen LogP contribution in [0.3, 0.4) is 0 Å². The highest BCUT2D eigenvalue weighted by molar-refractivity contribution is 7.91. The van der Waals surface area contributed by atoms with Crippen LogP contribution in [0.25, 0.3) is 10.1 Å². The molecule has 0 saturated carbocycles. The van der Waals surface area contributed by atoms with Gasteiger partial charge in [-0.2, -0.15) is 4.31 Å². The molecule has 1 aliphatic heterocycles. The molecule has 0 radical (unpaired) electrons. The monoisotopic (exact) mass is 492 g/mol. The summed E-state index contributed by atoms with van der Waals surface area (Å²) >= 11 is 7.12. The highest BCUT2D eigenvalue weighted by atomic mass is 35.5. The van der Waals surface area contributed by atoms with Crippen molar-refractivity contribution in [1.29, 1.82) is 0 Å². The Morgan fingerprint density at radius 1 is 1.19 bits per heavy atom. The minimum Gasteiger partial charge on any atom is -0.354 e. The molecule has 32 heavy (non-hydrogen) atoms. The second-order valence-corrected chi connectivity index (χ2v) is 11.0. The second kappa shape index (κ2) is 9.53. The van der Waals surface area contributed by atoms with Gasteiger partial charge in [0.2, 0.25) is 11.8 Å². The van der Waals surface area contributed by atoms with Crippen molar-refractivity contribution in [2.75, 3.05) is 32.7 Å². The molecule has 11 heteroatoms. The van der Waals surface area contributed by atoms with Gasteiger partial charge in [0.05, 0.1) is 13.1 Å². The lowest BCUT2D eigenvalue weighted by Crippen LogP contribution is -2.54. The minimum absolute atomic E-state index is 0.101. The Morgan fingerprint density at radius 2 is 2.03 bits per heavy atom. The molecule has 3 aromatic rings. The van der Waals surface area contributed by atoms with E-state index in [2.05, 4.69) is 10.3 Å². The van der Waals surface area contributed by atoms with Gasteiger partial charge < -0.3 is 10.2 Å². The van der Waals surface area contributed by atoms with Gasteiger partial charge in [-0.3, -0.25) is 14.6 Å². The predicted molar refractivity (Wildman–Crippen MR) is 123 cm³/mol. The highest BCUT2D eigenvalue weighted by Gasteiger charge is 2.34. The molecule has 1 N–H and O–H groups in total. The molecule has 0 unspecified atom stereocenters. The fourth-order valence-electron chi connectivity index (χ4n) is 3.40. The molecule has 8 nitrogen and oxygen atoms in total. The van der Waals surface area contributed by atoms with Crippen LogP contribution < -0.4 is 5.32 Å². The summed E-state index contributed by atoms with van der Waals surface area (Å²) in [6.45, 7) is 0.302. The SMILES string of the molecule is O=C(CN1CCN(S(=O)(=O)c2cc3ccc(Cl)cc3s2)CC1=O)NCCc1ccccn1. The topological polar surface area (TPSA) is 99.7 Å². The standard InChI is InChI=1S/C21H21ClN4O4S2/c22-16-5-4-15-11-21(31-18(15)12-16)32(29,30)26-10-9-25(20(28)14-26)13-19(27)24-8-6-17-3-1-2-7-23-17/h1-5,7,11-12H,6,8-10,13-14H2,(H,24,27). The third kappa shape index (κ3) is 5.09. The first kappa shape index (κ1) is 22.7. The molecule has 0 atom stereocenters. The molecule has 1 saturated heterocycles. The average Bonchev–Trinajstić information content (AvgIpc) is 3.20. The largest absolute Gasteiger partial charge is 0.354 e. The van der Waals surface area contributed by atoms with Crippen molar-refractivity contribution in [3.63, 3.8) is 0 Å². The molecule has 1 aromatic carbocycles. The summed E-state index contributed by atoms with van der Waals surface area (Å²) in [7, 11) is -3.81. The maximum Gasteiger partial charge on any atom is 0.253 e. The van der Waals surface area contributed by atoms with E-state index >= 15 is 0 Å². The fourth-order valence-corrected chi connectivity index (χ4v) is 6.61. The number of carbonyl (C=O) groups is 2. The zero-order valence-electron chi connectivity index (χ0n) is 17.0. The lowest BCUT2D eigenvalue weighted by Gasteiger charge is -2.32. The number of nitrogens with zero attached hydrogens (tertiary/aromatic N) is 3. The lowest BCUT2D eigenvalue weighted by atomic mass is 10.2. The molecule has 2 amide bonds. The fraction of sp³-hybridized carbons (Fsp3) is 0.286. The van der Waals surface area contributed by atoms with E-state index in [4.69, 9.17) is 11.6 Å². The molecule has 4 rings (SSSR count). The molecule has 168 valence electrons. The number of pyridine rings is 1. The Labute approximate surface area is 194 Å². The Balaban J connectivity index is 1.33. The zero-order valence-corrected chi connectivity index (χ0v) is 19.4. The predicted octanol–water partition coefficient (Wildman–Crippen LogP) is 2.14. The van der Waals surface area contributed by atoms with Crippen molar-refractivity contribution < 1.29 is 18.0 Å². The zero-order chi connectivity index (χ0) is 22.7. The van der Waals surface area contributed by atoms with E-state index in [0.717, 1.165) is 31.4 Å². The summed E-state index contributed by atoms with van der Waals surface area (Å²) in [5, 5.41) is 4.09. The smallest absolute Gasteiger partial charge is 0.253 e. The molecular weight excluding hydrogens is 472 g/mol. The van der Waals surface area contributed by atoms with Gasteiger partial charge in [0, 0.05) is 47.7 Å². The average molecular weight is 493 g/mol. The first-order valence-electron chi connectivity index (χ1n) is 9.96. The van der Waals surface area contributed by atoms with Crippen molar-refractivity contribution in [2.45, 2.75) is 10.6 Å². The number of amides is 2. The summed E-state index contributed by atoms with van der Waals surface area (Å²) in [6, 6.07) is 12.4. The third-order valence-electron chi connectivity index (χ3n) is 5.10. The first-order chi connectivity index (χ1) is 15.3. The van der Waals surface area contributed by atoms with Gasteiger partial charge in [0.15, 0.2) is 0 Å². The van der Waals surface area contributed by atoms with E-state index in [1.807, 2.05) is 18.2 Å². The van der Waals surface area contributed by atoms with Crippen LogP contribution in [0.1, 0.15) is 5.69 Å². The second-order valence-electron chi connectivity index (χ2n) is 7.32. The Hall–Kier alpha value is -2.53. The first-order valence-corrected chi connectivity index (χ1v) is 12.6. The number of hydrogen-bond acceptors (Lipinski definition) is 6. The van der Waals surface area contributed by atoms with Gasteiger partial charge in [0.25, 0.3) is 10.0 Å². The van der Waals surface area contributed by atoms with Gasteiger partial charge in [-0.25, -0.2) is 8.42 Å². The molecule has 0 bridgehead atoms. The van der Waals surface area contributed by atoms with Crippen LogP contribution in [-0.4, -0.2) is 67.1 Å². The number of nitrogens with one attached hydrogen (secondary N) is 1. The van der Waals surface area contributed by atoms with Crippen molar-refractivity contribution in [3.05, 3.63) is 59.4 Å². The Morgan fingerprint density at radius 3 is 2.78 bits per heavy atom. The van der Waals surface area contributed by atoms with Gasteiger partial charge >= 0.3 is 0 Å². The quantitative estimate of drug-likeness (QED) is 0.544. The molecular formula is C21H21ClN4O4S2. The number of hydrogen-bond donors (Lipinski definition) is 1. The summed E-state index contributed by atoms with van der Waals surface area (Å²) in [6.07, 6.45) is 2.28. The van der Waals surface area contributed by atoms with Crippen LogP contribution in [0.15, 0.2) is 52.9 Å². The van der Waals surface area contributed by atoms with Crippen LogP contribution in [0.4, 0.5) is 0 Å². The van der Waals surface area contributed by atoms with Crippen LogP contribution in [0.2, 0.25) is 5.02 Å². The maximum atomic E-state index is 13.0. The summed E-state index contributed by atoms with van der Waals surface area (Å²) in [5.41, 5.74) is 0.867. The van der Waals surface area contributed by atoms with Crippen LogP contribution in [0.5, 0.6) is 0 Å². The number of carbonyl (C=O) groups excluding carboxylic acids is 2. The summed E-state index contributed by atoms with van der Waals surface area (Å²) in [5.74, 6) is -0.684. The molecule has 1 aliphatic rings. The summed E-state index contributed by atoms with van der Waals surface area (Å²) < 4.78 is 28.2. The van der Waals surface area contributed by atoms with Crippen LogP contribution in [-0.2, 0) is 26.0 Å². The number of rotatable bonds is 7. The number of benzene rings is 1. The van der Waals surface area contributed by atoms with E-state index in [1.165, 1.54) is 4.90 Å². The van der Waals surface area contributed by atoms with E-state index in [9.17, 15) is 18.0 Å². The number of thiophene rings is 1. The molecule has 3 heterocycles. The number of sulfonamides is 1. The van der Waals surface area contributed by atoms with Crippen molar-refractivity contribution in [1.82, 2.24) is 19.5 Å². The van der Waals surface area contributed by atoms with Gasteiger partial charge in [-0.05, 0) is 35.7 Å². The molecule has 1 fully saturated rings. The van der Waals surface area contributed by atoms with E-state index < -0.39 is 15.9 Å². The minimum atomic E-state index is -3.81. The van der Waals surface area contributed by atoms with E-state index in [-0.39, 0.29) is 36.3 Å². The maximum absolute atomic E-state index is 13.0. The van der Waals surface area contributed by atoms with E-state index in [0.29, 0.717) is 18.0 Å². The van der Waals surface area contributed by atoms with Crippen molar-refractivity contribution in [3.8, 4) is 0 Å². The normalized spacial score (nSPS) is 15.3. The van der Waals surface area contributed by atoms with Gasteiger partial charge in [-0.1, -0.05) is 23.7 Å². The van der Waals surface area contributed by atoms with Crippen LogP contribution >= 0.6 is 22.9 Å². The number of aromatic nitrogens is 1. The Bertz CT molecular complexity index is 1250. The van der Waals surface area contributed by atoms with Gasteiger partial charge in [-0.15, -0.1) is 11.3 Å². The molecule has 0 aliphatic carbocycles. The van der Waals surface area contributed by atoms with Crippen LogP contribution in [0, 0.1) is 0 Å². The lowest BCUT2D eigenvalue weighted by molar-refractivity contribution is -0.138. The third-order valence-corrected chi connectivity index (χ3v) is 8.73. The Kier molecular flexibility index (Phi) is 6.75. The summed E-state index contributed by atoms with van der Waals surface area (Å²) in [4.78, 5) is 30.3. The number of halogens is 1. The number of piperazine rings is 1. The van der Waals surface area contributed by atoms with Crippen molar-refractivity contribution in [2.24, 2.45) is 0 Å². The number of fused-ring (bicyclic) bond motifs is 1. The van der Waals surface area contributed by atoms with Gasteiger partial charge in [0.1, 0.15) is 4.21 Å². The molecule has 2 aromatic heterocycles. The van der Waals surface area contributed by atoms with E-state index in [1.54, 1.807) is 30.5 Å².